The average Bonchev–Trinajstić information content (AvgIpc) is 3.25. The zero-order valence-electron chi connectivity index (χ0n) is 14.5. The highest BCUT2D eigenvalue weighted by Gasteiger charge is 2.13. The maximum absolute atomic E-state index is 11.9. The Bertz CT molecular complexity index is 915. The molecular weight excluding hydrogens is 352 g/mol. The van der Waals surface area contributed by atoms with Crippen LogP contribution in [-0.4, -0.2) is 21.7 Å². The van der Waals surface area contributed by atoms with Crippen molar-refractivity contribution in [3.63, 3.8) is 0 Å². The summed E-state index contributed by atoms with van der Waals surface area (Å²) in [7, 11) is 0. The molecule has 26 heavy (non-hydrogen) atoms. The van der Waals surface area contributed by atoms with E-state index in [1.807, 2.05) is 23.6 Å². The fourth-order valence-electron chi connectivity index (χ4n) is 2.45. The van der Waals surface area contributed by atoms with Gasteiger partial charge in [-0.05, 0) is 32.0 Å². The van der Waals surface area contributed by atoms with Gasteiger partial charge in [-0.2, -0.15) is 0 Å². The Hall–Kier alpha value is -2.80. The fourth-order valence-corrected chi connectivity index (χ4v) is 3.23. The molecular formula is C19H18N2O4S. The zero-order chi connectivity index (χ0) is 18.5. The average molecular weight is 370 g/mol. The van der Waals surface area contributed by atoms with Gasteiger partial charge in [0.05, 0.1) is 23.4 Å². The molecule has 0 aliphatic heterocycles. The van der Waals surface area contributed by atoms with Crippen LogP contribution in [0.25, 0.3) is 10.7 Å². The van der Waals surface area contributed by atoms with Gasteiger partial charge in [-0.3, -0.25) is 14.6 Å². The quantitative estimate of drug-likeness (QED) is 0.462. The summed E-state index contributed by atoms with van der Waals surface area (Å²) in [6, 6.07) is 7.32. The molecule has 0 atom stereocenters. The van der Waals surface area contributed by atoms with Crippen LogP contribution in [0, 0.1) is 6.92 Å². The fraction of sp³-hybridized carbons (Fsp3) is 0.263. The highest BCUT2D eigenvalue weighted by molar-refractivity contribution is 7.13. The first-order valence-corrected chi connectivity index (χ1v) is 9.02. The molecule has 0 spiro atoms. The number of carbonyl (C=O) groups excluding carboxylic acids is 2. The lowest BCUT2D eigenvalue weighted by Gasteiger charge is -2.01. The highest BCUT2D eigenvalue weighted by Crippen LogP contribution is 2.22. The number of rotatable bonds is 7. The van der Waals surface area contributed by atoms with Gasteiger partial charge in [-0.1, -0.05) is 6.07 Å². The maximum Gasteiger partial charge on any atom is 0.306 e. The minimum atomic E-state index is -0.337. The summed E-state index contributed by atoms with van der Waals surface area (Å²) < 4.78 is 10.8. The molecule has 0 fully saturated rings. The first-order chi connectivity index (χ1) is 12.5. The third kappa shape index (κ3) is 4.43. The molecule has 3 aromatic heterocycles. The largest absolute Gasteiger partial charge is 0.466 e. The van der Waals surface area contributed by atoms with Gasteiger partial charge >= 0.3 is 5.97 Å². The van der Waals surface area contributed by atoms with Crippen molar-refractivity contribution in [1.82, 2.24) is 9.97 Å². The number of ether oxygens (including phenoxy) is 1. The van der Waals surface area contributed by atoms with E-state index in [0.29, 0.717) is 29.2 Å². The van der Waals surface area contributed by atoms with Crippen molar-refractivity contribution in [1.29, 1.82) is 0 Å². The van der Waals surface area contributed by atoms with Gasteiger partial charge in [0.15, 0.2) is 5.78 Å². The molecule has 0 aliphatic rings. The lowest BCUT2D eigenvalue weighted by atomic mass is 10.1. The monoisotopic (exact) mass is 370 g/mol. The van der Waals surface area contributed by atoms with Crippen LogP contribution < -0.4 is 0 Å². The summed E-state index contributed by atoms with van der Waals surface area (Å²) in [4.78, 5) is 32.0. The number of esters is 1. The molecule has 3 rings (SSSR count). The van der Waals surface area contributed by atoms with Crippen LogP contribution in [0.5, 0.6) is 0 Å². The van der Waals surface area contributed by atoms with E-state index in [4.69, 9.17) is 9.15 Å². The van der Waals surface area contributed by atoms with Gasteiger partial charge in [-0.15, -0.1) is 11.3 Å². The zero-order valence-corrected chi connectivity index (χ0v) is 15.3. The predicted octanol–water partition coefficient (Wildman–Crippen LogP) is 3.99. The molecule has 134 valence electrons. The van der Waals surface area contributed by atoms with E-state index in [1.165, 1.54) is 18.3 Å². The minimum absolute atomic E-state index is 0.0488. The first kappa shape index (κ1) is 18.0. The first-order valence-electron chi connectivity index (χ1n) is 8.14. The number of furan rings is 1. The maximum atomic E-state index is 11.9. The third-order valence-corrected chi connectivity index (χ3v) is 4.65. The number of hydrogen-bond acceptors (Lipinski definition) is 7. The molecule has 0 N–H and O–H groups in total. The second-order valence-corrected chi connectivity index (χ2v) is 6.62. The van der Waals surface area contributed by atoms with E-state index in [-0.39, 0.29) is 24.8 Å². The van der Waals surface area contributed by atoms with E-state index >= 15 is 0 Å². The second-order valence-electron chi connectivity index (χ2n) is 5.76. The lowest BCUT2D eigenvalue weighted by molar-refractivity contribution is -0.145. The summed E-state index contributed by atoms with van der Waals surface area (Å²) in [5, 5.41) is 2.64. The van der Waals surface area contributed by atoms with Gasteiger partial charge in [0.25, 0.3) is 0 Å². The van der Waals surface area contributed by atoms with Crippen LogP contribution >= 0.6 is 11.3 Å². The van der Waals surface area contributed by atoms with Gasteiger partial charge < -0.3 is 9.15 Å². The molecule has 6 nitrogen and oxygen atoms in total. The number of hydrogen-bond donors (Lipinski definition) is 0. The standard InChI is InChI=1S/C19H18N2O4S/c1-12(22)16-9-15(25-13(16)2)6-7-18(23)24-10-14-11-26-19(21-14)17-5-3-4-8-20-17/h3-5,8-9,11H,6-7,10H2,1-2H3. The Morgan fingerprint density at radius 2 is 2.15 bits per heavy atom. The van der Waals surface area contributed by atoms with Gasteiger partial charge in [0, 0.05) is 18.0 Å². The van der Waals surface area contributed by atoms with Gasteiger partial charge in [0.1, 0.15) is 23.1 Å². The van der Waals surface area contributed by atoms with Gasteiger partial charge in [0.2, 0.25) is 0 Å². The van der Waals surface area contributed by atoms with Crippen molar-refractivity contribution in [2.75, 3.05) is 0 Å². The summed E-state index contributed by atoms with van der Waals surface area (Å²) in [5.41, 5.74) is 2.04. The molecule has 3 aromatic rings. The Morgan fingerprint density at radius 3 is 2.85 bits per heavy atom. The summed E-state index contributed by atoms with van der Waals surface area (Å²) >= 11 is 1.46. The molecule has 0 saturated carbocycles. The molecule has 0 aliphatic carbocycles. The topological polar surface area (TPSA) is 82.3 Å². The molecule has 3 heterocycles. The van der Waals surface area contributed by atoms with Crippen molar-refractivity contribution >= 4 is 23.1 Å². The number of carbonyl (C=O) groups is 2. The number of nitrogens with zero attached hydrogens (tertiary/aromatic N) is 2. The minimum Gasteiger partial charge on any atom is -0.466 e. The molecule has 0 unspecified atom stereocenters. The van der Waals surface area contributed by atoms with Crippen LogP contribution in [-0.2, 0) is 22.6 Å². The number of Topliss-reactive ketones (excluding diaryl/α,β-unsaturated/α-hetero) is 1. The second kappa shape index (κ2) is 8.05. The Labute approximate surface area is 154 Å². The van der Waals surface area contributed by atoms with Crippen LogP contribution in [0.4, 0.5) is 0 Å². The molecule has 0 bridgehead atoms. The molecule has 0 saturated heterocycles. The Morgan fingerprint density at radius 1 is 1.31 bits per heavy atom. The van der Waals surface area contributed by atoms with Crippen molar-refractivity contribution in [3.05, 3.63) is 58.6 Å². The van der Waals surface area contributed by atoms with Crippen molar-refractivity contribution in [2.24, 2.45) is 0 Å². The van der Waals surface area contributed by atoms with E-state index < -0.39 is 0 Å². The van der Waals surface area contributed by atoms with Crippen molar-refractivity contribution < 1.29 is 18.7 Å². The van der Waals surface area contributed by atoms with Crippen LogP contribution in [0.2, 0.25) is 0 Å². The number of thiazole rings is 1. The smallest absolute Gasteiger partial charge is 0.306 e. The molecule has 0 radical (unpaired) electrons. The lowest BCUT2D eigenvalue weighted by Crippen LogP contribution is -2.06. The van der Waals surface area contributed by atoms with E-state index in [9.17, 15) is 9.59 Å². The molecule has 0 aromatic carbocycles. The van der Waals surface area contributed by atoms with Crippen LogP contribution in [0.3, 0.4) is 0 Å². The number of aromatic nitrogens is 2. The normalized spacial score (nSPS) is 10.7. The number of ketones is 1. The molecule has 7 heteroatoms. The Kier molecular flexibility index (Phi) is 5.58. The van der Waals surface area contributed by atoms with Crippen LogP contribution in [0.15, 0.2) is 40.3 Å². The molecule has 0 amide bonds. The van der Waals surface area contributed by atoms with E-state index in [2.05, 4.69) is 9.97 Å². The van der Waals surface area contributed by atoms with Crippen molar-refractivity contribution in [2.45, 2.75) is 33.3 Å². The van der Waals surface area contributed by atoms with Crippen LogP contribution in [0.1, 0.15) is 40.9 Å². The highest BCUT2D eigenvalue weighted by atomic mass is 32.1. The van der Waals surface area contributed by atoms with E-state index in [0.717, 1.165) is 10.7 Å². The van der Waals surface area contributed by atoms with E-state index in [1.54, 1.807) is 19.2 Å². The van der Waals surface area contributed by atoms with Gasteiger partial charge in [-0.25, -0.2) is 4.98 Å². The number of pyridine rings is 1. The summed E-state index contributed by atoms with van der Waals surface area (Å²) in [5.74, 6) is 0.796. The Balaban J connectivity index is 1.49. The summed E-state index contributed by atoms with van der Waals surface area (Å²) in [6.45, 7) is 3.35. The SMILES string of the molecule is CC(=O)c1cc(CCC(=O)OCc2csc(-c3ccccn3)n2)oc1C. The predicted molar refractivity (Wildman–Crippen MR) is 96.9 cm³/mol. The summed E-state index contributed by atoms with van der Waals surface area (Å²) in [6.07, 6.45) is 2.29. The number of aryl methyl sites for hydroxylation is 2. The van der Waals surface area contributed by atoms with Crippen molar-refractivity contribution in [3.8, 4) is 10.7 Å². The third-order valence-electron chi connectivity index (χ3n) is 3.74.